The van der Waals surface area contributed by atoms with Crippen molar-refractivity contribution in [3.05, 3.63) is 113 Å². The Morgan fingerprint density at radius 2 is 1.68 bits per heavy atom. The normalized spacial score (nSPS) is 17.1. The average Bonchev–Trinajstić information content (AvgIpc) is 3.34. The molecule has 1 saturated heterocycles. The highest BCUT2D eigenvalue weighted by molar-refractivity contribution is 7.80. The third-order valence-corrected chi connectivity index (χ3v) is 7.18. The van der Waals surface area contributed by atoms with E-state index in [2.05, 4.69) is 72.1 Å². The van der Waals surface area contributed by atoms with Crippen molar-refractivity contribution in [2.24, 2.45) is 0 Å². The maximum atomic E-state index is 13.1. The fraction of sp³-hybridized carbons (Fsp3) is 0.233. The van der Waals surface area contributed by atoms with Gasteiger partial charge in [0.05, 0.1) is 17.8 Å². The molecule has 1 aliphatic rings. The molecule has 4 aromatic rings. The van der Waals surface area contributed by atoms with Gasteiger partial charge in [0.2, 0.25) is 5.91 Å². The quantitative estimate of drug-likeness (QED) is 0.326. The molecule has 2 N–H and O–H groups in total. The number of thiocarbonyl (C=S) groups is 1. The third kappa shape index (κ3) is 5.00. The van der Waals surface area contributed by atoms with E-state index < -0.39 is 0 Å². The second-order valence-corrected chi connectivity index (χ2v) is 10.1. The van der Waals surface area contributed by atoms with Crippen molar-refractivity contribution in [3.8, 4) is 5.69 Å². The Morgan fingerprint density at radius 3 is 2.35 bits per heavy atom. The van der Waals surface area contributed by atoms with Crippen LogP contribution in [-0.2, 0) is 4.79 Å². The van der Waals surface area contributed by atoms with E-state index in [0.717, 1.165) is 34.0 Å². The van der Waals surface area contributed by atoms with E-state index in [4.69, 9.17) is 12.2 Å². The number of aryl methyl sites for hydroxylation is 3. The molecule has 0 aliphatic carbocycles. The van der Waals surface area contributed by atoms with Crippen molar-refractivity contribution in [3.63, 3.8) is 0 Å². The fourth-order valence-corrected chi connectivity index (χ4v) is 5.66. The van der Waals surface area contributed by atoms with E-state index in [1.165, 1.54) is 11.1 Å². The Morgan fingerprint density at radius 1 is 0.973 bits per heavy atom. The van der Waals surface area contributed by atoms with Crippen molar-refractivity contribution in [2.75, 3.05) is 11.9 Å². The molecule has 1 amide bonds. The lowest BCUT2D eigenvalue weighted by atomic mass is 9.96. The minimum Gasteiger partial charge on any atom is -0.352 e. The number of anilines is 1. The number of pyridine rings is 1. The first-order chi connectivity index (χ1) is 17.8. The first-order valence-electron chi connectivity index (χ1n) is 12.4. The maximum Gasteiger partial charge on any atom is 0.244 e. The van der Waals surface area contributed by atoms with Crippen LogP contribution in [0.2, 0.25) is 0 Å². The highest BCUT2D eigenvalue weighted by Crippen LogP contribution is 2.41. The van der Waals surface area contributed by atoms with Crippen LogP contribution < -0.4 is 10.6 Å². The molecule has 1 fully saturated rings. The zero-order chi connectivity index (χ0) is 26.1. The number of hydrogen-bond acceptors (Lipinski definition) is 3. The smallest absolute Gasteiger partial charge is 0.244 e. The first kappa shape index (κ1) is 24.7. The molecule has 188 valence electrons. The average molecular weight is 510 g/mol. The molecule has 2 atom stereocenters. The molecule has 0 bridgehead atoms. The highest BCUT2D eigenvalue weighted by Gasteiger charge is 2.42. The number of nitrogens with one attached hydrogen (secondary N) is 2. The van der Waals surface area contributed by atoms with Crippen LogP contribution in [0.1, 0.15) is 45.9 Å². The lowest BCUT2D eigenvalue weighted by molar-refractivity contribution is -0.116. The number of para-hydroxylation sites is 1. The van der Waals surface area contributed by atoms with Crippen LogP contribution >= 0.6 is 12.2 Å². The number of aromatic nitrogens is 2. The van der Waals surface area contributed by atoms with Gasteiger partial charge in [-0.05, 0) is 99.1 Å². The number of amides is 1. The summed E-state index contributed by atoms with van der Waals surface area (Å²) in [7, 11) is 0. The molecule has 0 spiro atoms. The number of benzene rings is 2. The largest absolute Gasteiger partial charge is 0.352 e. The standard InChI is InChI=1S/C30H31N5OS/c1-19-14-20(2)16-24(15-19)35-21(3)17-25(22(35)4)29-28(26-12-8-9-13-31-26)33-30(37)34(29)18-27(36)32-23-10-6-5-7-11-23/h5-17,28-29H,18H2,1-4H3,(H,32,36)(H,33,37)/t28-,29+/m0/s1. The van der Waals surface area contributed by atoms with E-state index in [1.807, 2.05) is 53.4 Å². The predicted molar refractivity (Wildman–Crippen MR) is 152 cm³/mol. The molecule has 6 nitrogen and oxygen atoms in total. The van der Waals surface area contributed by atoms with Gasteiger partial charge in [0.25, 0.3) is 0 Å². The van der Waals surface area contributed by atoms with Gasteiger partial charge in [-0.25, -0.2) is 0 Å². The molecule has 5 rings (SSSR count). The second-order valence-electron chi connectivity index (χ2n) is 9.68. The van der Waals surface area contributed by atoms with E-state index >= 15 is 0 Å². The number of carbonyl (C=O) groups excluding carboxylic acids is 1. The summed E-state index contributed by atoms with van der Waals surface area (Å²) in [5.74, 6) is -0.120. The number of rotatable bonds is 6. The van der Waals surface area contributed by atoms with E-state index in [1.54, 1.807) is 6.20 Å². The second kappa shape index (κ2) is 10.2. The summed E-state index contributed by atoms with van der Waals surface area (Å²) in [6.07, 6.45) is 1.79. The lowest BCUT2D eigenvalue weighted by Crippen LogP contribution is -2.37. The Labute approximate surface area is 223 Å². The molecule has 2 aromatic heterocycles. The number of hydrogen-bond donors (Lipinski definition) is 2. The van der Waals surface area contributed by atoms with Gasteiger partial charge in [0, 0.05) is 29.0 Å². The molecule has 2 aromatic carbocycles. The maximum absolute atomic E-state index is 13.1. The van der Waals surface area contributed by atoms with Gasteiger partial charge in [0.15, 0.2) is 5.11 Å². The molecular weight excluding hydrogens is 478 g/mol. The van der Waals surface area contributed by atoms with Crippen molar-refractivity contribution in [1.29, 1.82) is 0 Å². The Bertz CT molecular complexity index is 1430. The van der Waals surface area contributed by atoms with Crippen molar-refractivity contribution >= 4 is 28.9 Å². The van der Waals surface area contributed by atoms with Crippen LogP contribution in [-0.4, -0.2) is 32.0 Å². The van der Waals surface area contributed by atoms with Crippen LogP contribution in [0.4, 0.5) is 5.69 Å². The van der Waals surface area contributed by atoms with Crippen LogP contribution in [0.3, 0.4) is 0 Å². The number of carbonyl (C=O) groups is 1. The molecule has 0 radical (unpaired) electrons. The Hall–Kier alpha value is -3.97. The third-order valence-electron chi connectivity index (χ3n) is 6.82. The van der Waals surface area contributed by atoms with Gasteiger partial charge in [0.1, 0.15) is 6.54 Å². The molecule has 3 heterocycles. The lowest BCUT2D eigenvalue weighted by Gasteiger charge is -2.27. The Balaban J connectivity index is 1.55. The van der Waals surface area contributed by atoms with E-state index in [9.17, 15) is 4.79 Å². The van der Waals surface area contributed by atoms with Gasteiger partial charge in [-0.3, -0.25) is 9.78 Å². The van der Waals surface area contributed by atoms with Gasteiger partial charge in [-0.1, -0.05) is 30.3 Å². The molecule has 37 heavy (non-hydrogen) atoms. The summed E-state index contributed by atoms with van der Waals surface area (Å²) >= 11 is 5.79. The first-order valence-corrected chi connectivity index (χ1v) is 12.8. The molecule has 7 heteroatoms. The van der Waals surface area contributed by atoms with Crippen molar-refractivity contribution < 1.29 is 4.79 Å². The van der Waals surface area contributed by atoms with E-state index in [-0.39, 0.29) is 24.5 Å². The molecule has 0 saturated carbocycles. The van der Waals surface area contributed by atoms with Gasteiger partial charge >= 0.3 is 0 Å². The summed E-state index contributed by atoms with van der Waals surface area (Å²) < 4.78 is 2.29. The summed E-state index contributed by atoms with van der Waals surface area (Å²) in [5, 5.41) is 7.00. The topological polar surface area (TPSA) is 62.2 Å². The SMILES string of the molecule is Cc1cc(C)cc(-n2c(C)cc([C@@H]3[C@H](c4ccccn4)NC(=S)N3CC(=O)Nc3ccccc3)c2C)c1. The van der Waals surface area contributed by atoms with Crippen molar-refractivity contribution in [1.82, 2.24) is 19.8 Å². The van der Waals surface area contributed by atoms with Gasteiger partial charge in [-0.2, -0.15) is 0 Å². The van der Waals surface area contributed by atoms with Gasteiger partial charge in [-0.15, -0.1) is 0 Å². The summed E-state index contributed by atoms with van der Waals surface area (Å²) in [6.45, 7) is 8.63. The van der Waals surface area contributed by atoms with Crippen LogP contribution in [0, 0.1) is 27.7 Å². The van der Waals surface area contributed by atoms with Crippen LogP contribution in [0.5, 0.6) is 0 Å². The zero-order valence-electron chi connectivity index (χ0n) is 21.5. The summed E-state index contributed by atoms with van der Waals surface area (Å²) in [5.41, 5.74) is 8.59. The minimum absolute atomic E-state index is 0.120. The molecule has 0 unspecified atom stereocenters. The highest BCUT2D eigenvalue weighted by atomic mass is 32.1. The molecule has 1 aliphatic heterocycles. The molecular formula is C30H31N5OS. The van der Waals surface area contributed by atoms with Crippen LogP contribution in [0.25, 0.3) is 5.69 Å². The summed E-state index contributed by atoms with van der Waals surface area (Å²) in [6, 6.07) is 23.8. The fourth-order valence-electron chi connectivity index (χ4n) is 5.36. The van der Waals surface area contributed by atoms with Gasteiger partial charge < -0.3 is 20.1 Å². The zero-order valence-corrected chi connectivity index (χ0v) is 22.3. The van der Waals surface area contributed by atoms with Crippen LogP contribution in [0.15, 0.2) is 79.0 Å². The van der Waals surface area contributed by atoms with Crippen molar-refractivity contribution in [2.45, 2.75) is 39.8 Å². The number of nitrogens with zero attached hydrogens (tertiary/aromatic N) is 3. The monoisotopic (exact) mass is 509 g/mol. The Kier molecular flexibility index (Phi) is 6.80. The predicted octanol–water partition coefficient (Wildman–Crippen LogP) is 5.72. The minimum atomic E-state index is -0.199. The summed E-state index contributed by atoms with van der Waals surface area (Å²) in [4.78, 5) is 19.7. The van der Waals surface area contributed by atoms with E-state index in [0.29, 0.717) is 5.11 Å².